The number of sulfonamides is 1. The van der Waals surface area contributed by atoms with E-state index in [0.717, 1.165) is 0 Å². The summed E-state index contributed by atoms with van der Waals surface area (Å²) in [5.74, 6) is -0.818. The van der Waals surface area contributed by atoms with E-state index in [1.54, 1.807) is 0 Å². The molecule has 0 unspecified atom stereocenters. The number of nitrogens with one attached hydrogen (secondary N) is 1. The van der Waals surface area contributed by atoms with Crippen LogP contribution < -0.4 is 4.72 Å². The second kappa shape index (κ2) is 3.85. The van der Waals surface area contributed by atoms with Gasteiger partial charge < -0.3 is 10.2 Å². The van der Waals surface area contributed by atoms with Crippen LogP contribution in [-0.4, -0.2) is 25.7 Å². The van der Waals surface area contributed by atoms with Crippen LogP contribution in [0.25, 0.3) is 0 Å². The lowest BCUT2D eigenvalue weighted by Crippen LogP contribution is -2.20. The first kappa shape index (κ1) is 10.8. The summed E-state index contributed by atoms with van der Waals surface area (Å²) in [6.07, 6.45) is 0. The van der Waals surface area contributed by atoms with Crippen LogP contribution in [0.2, 0.25) is 0 Å². The first-order chi connectivity index (χ1) is 6.44. The number of rotatable bonds is 3. The molecule has 0 aliphatic carbocycles. The van der Waals surface area contributed by atoms with E-state index in [0.29, 0.717) is 5.56 Å². The molecule has 1 aromatic carbocycles. The minimum Gasteiger partial charge on any atom is -0.504 e. The second-order valence-electron chi connectivity index (χ2n) is 2.79. The predicted octanol–water partition coefficient (Wildman–Crippen LogP) is 0.147. The summed E-state index contributed by atoms with van der Waals surface area (Å²) < 4.78 is 24.4. The number of phenolic OH excluding ortho intramolecular Hbond substituents is 2. The maximum Gasteiger partial charge on any atom is 0.215 e. The summed E-state index contributed by atoms with van der Waals surface area (Å²) in [5.41, 5.74) is 0.412. The first-order valence-corrected chi connectivity index (χ1v) is 5.52. The van der Waals surface area contributed by atoms with Gasteiger partial charge in [0.1, 0.15) is 0 Å². The quantitative estimate of drug-likeness (QED) is 0.629. The summed E-state index contributed by atoms with van der Waals surface area (Å²) >= 11 is 0. The molecule has 1 aromatic rings. The molecular weight excluding hydrogens is 206 g/mol. The van der Waals surface area contributed by atoms with E-state index in [1.165, 1.54) is 25.2 Å². The second-order valence-corrected chi connectivity index (χ2v) is 4.71. The third-order valence-corrected chi connectivity index (χ3v) is 3.04. The van der Waals surface area contributed by atoms with Crippen molar-refractivity contribution >= 4 is 10.0 Å². The van der Waals surface area contributed by atoms with Gasteiger partial charge in [0.2, 0.25) is 10.0 Å². The van der Waals surface area contributed by atoms with Crippen LogP contribution in [0.1, 0.15) is 5.56 Å². The molecule has 3 N–H and O–H groups in total. The zero-order chi connectivity index (χ0) is 10.8. The summed E-state index contributed by atoms with van der Waals surface area (Å²) in [5, 5.41) is 18.1. The number of benzene rings is 1. The smallest absolute Gasteiger partial charge is 0.215 e. The average Bonchev–Trinajstić information content (AvgIpc) is 2.11. The van der Waals surface area contributed by atoms with Gasteiger partial charge in [-0.05, 0) is 24.7 Å². The molecule has 0 aromatic heterocycles. The van der Waals surface area contributed by atoms with E-state index in [-0.39, 0.29) is 17.3 Å². The topological polar surface area (TPSA) is 86.6 Å². The minimum absolute atomic E-state index is 0.225. The summed E-state index contributed by atoms with van der Waals surface area (Å²) in [7, 11) is -2.03. The van der Waals surface area contributed by atoms with Crippen LogP contribution in [0.15, 0.2) is 18.2 Å². The van der Waals surface area contributed by atoms with Crippen molar-refractivity contribution < 1.29 is 18.6 Å². The van der Waals surface area contributed by atoms with Crippen LogP contribution in [0, 0.1) is 0 Å². The maximum atomic E-state index is 11.1. The van der Waals surface area contributed by atoms with Gasteiger partial charge in [0.05, 0.1) is 5.75 Å². The van der Waals surface area contributed by atoms with Gasteiger partial charge in [0.25, 0.3) is 0 Å². The zero-order valence-electron chi connectivity index (χ0n) is 7.56. The molecule has 14 heavy (non-hydrogen) atoms. The molecule has 0 spiro atoms. The van der Waals surface area contributed by atoms with E-state index < -0.39 is 10.0 Å². The minimum atomic E-state index is -3.34. The van der Waals surface area contributed by atoms with Crippen LogP contribution in [0.4, 0.5) is 0 Å². The van der Waals surface area contributed by atoms with Crippen LogP contribution in [-0.2, 0) is 15.8 Å². The van der Waals surface area contributed by atoms with E-state index in [9.17, 15) is 8.42 Å². The van der Waals surface area contributed by atoms with Crippen molar-refractivity contribution in [3.05, 3.63) is 23.8 Å². The Balaban J connectivity index is 2.94. The van der Waals surface area contributed by atoms with Gasteiger partial charge in [-0.25, -0.2) is 13.1 Å². The molecule has 0 radical (unpaired) electrons. The fourth-order valence-corrected chi connectivity index (χ4v) is 1.71. The Morgan fingerprint density at radius 1 is 1.29 bits per heavy atom. The third kappa shape index (κ3) is 2.61. The fraction of sp³-hybridized carbons (Fsp3) is 0.250. The Bertz CT molecular complexity index is 427. The van der Waals surface area contributed by atoms with E-state index in [2.05, 4.69) is 4.72 Å². The highest BCUT2D eigenvalue weighted by Gasteiger charge is 2.09. The van der Waals surface area contributed by atoms with Crippen molar-refractivity contribution in [1.29, 1.82) is 0 Å². The molecule has 0 aliphatic heterocycles. The molecule has 0 bridgehead atoms. The number of hydrogen-bond donors (Lipinski definition) is 3. The van der Waals surface area contributed by atoms with Gasteiger partial charge in [-0.15, -0.1) is 0 Å². The van der Waals surface area contributed by atoms with Crippen molar-refractivity contribution in [1.82, 2.24) is 4.72 Å². The predicted molar refractivity (Wildman–Crippen MR) is 51.5 cm³/mol. The Labute approximate surface area is 82.1 Å². The largest absolute Gasteiger partial charge is 0.504 e. The molecule has 0 fully saturated rings. The summed E-state index contributed by atoms with van der Waals surface area (Å²) in [6.45, 7) is 0. The molecule has 0 saturated heterocycles. The number of phenols is 2. The standard InChI is InChI=1S/C8H11NO4S/c1-9-14(12,13)5-6-2-3-7(10)8(11)4-6/h2-4,9-11H,5H2,1H3. The van der Waals surface area contributed by atoms with Crippen molar-refractivity contribution in [2.45, 2.75) is 5.75 Å². The summed E-state index contributed by atoms with van der Waals surface area (Å²) in [6, 6.07) is 3.89. The highest BCUT2D eigenvalue weighted by molar-refractivity contribution is 7.88. The fourth-order valence-electron chi connectivity index (χ4n) is 0.950. The first-order valence-electron chi connectivity index (χ1n) is 3.86. The molecule has 78 valence electrons. The van der Waals surface area contributed by atoms with Crippen molar-refractivity contribution in [3.63, 3.8) is 0 Å². The molecular formula is C8H11NO4S. The molecule has 0 saturated carbocycles. The maximum absolute atomic E-state index is 11.1. The van der Waals surface area contributed by atoms with Crippen molar-refractivity contribution in [3.8, 4) is 11.5 Å². The highest BCUT2D eigenvalue weighted by atomic mass is 32.2. The SMILES string of the molecule is CNS(=O)(=O)Cc1ccc(O)c(O)c1. The molecule has 0 atom stereocenters. The average molecular weight is 217 g/mol. The van der Waals surface area contributed by atoms with Crippen LogP contribution in [0.3, 0.4) is 0 Å². The molecule has 0 amide bonds. The van der Waals surface area contributed by atoms with Crippen molar-refractivity contribution in [2.24, 2.45) is 0 Å². The van der Waals surface area contributed by atoms with Gasteiger partial charge >= 0.3 is 0 Å². The van der Waals surface area contributed by atoms with Gasteiger partial charge in [-0.1, -0.05) is 6.07 Å². The lowest BCUT2D eigenvalue weighted by Gasteiger charge is -2.03. The van der Waals surface area contributed by atoms with E-state index >= 15 is 0 Å². The van der Waals surface area contributed by atoms with Crippen LogP contribution >= 0.6 is 0 Å². The summed E-state index contributed by atoms with van der Waals surface area (Å²) in [4.78, 5) is 0. The lowest BCUT2D eigenvalue weighted by atomic mass is 10.2. The number of hydrogen-bond acceptors (Lipinski definition) is 4. The van der Waals surface area contributed by atoms with Gasteiger partial charge in [0, 0.05) is 0 Å². The molecule has 1 rings (SSSR count). The van der Waals surface area contributed by atoms with E-state index in [1.807, 2.05) is 0 Å². The Morgan fingerprint density at radius 2 is 1.93 bits per heavy atom. The van der Waals surface area contributed by atoms with Gasteiger partial charge in [0.15, 0.2) is 11.5 Å². The van der Waals surface area contributed by atoms with Crippen LogP contribution in [0.5, 0.6) is 11.5 Å². The van der Waals surface area contributed by atoms with Gasteiger partial charge in [-0.3, -0.25) is 0 Å². The molecule has 5 nitrogen and oxygen atoms in total. The normalized spacial score (nSPS) is 11.5. The molecule has 0 aliphatic rings. The Hall–Kier alpha value is -1.27. The molecule has 6 heteroatoms. The highest BCUT2D eigenvalue weighted by Crippen LogP contribution is 2.25. The van der Waals surface area contributed by atoms with Gasteiger partial charge in [-0.2, -0.15) is 0 Å². The zero-order valence-corrected chi connectivity index (χ0v) is 8.37. The molecule has 0 heterocycles. The lowest BCUT2D eigenvalue weighted by molar-refractivity contribution is 0.403. The monoisotopic (exact) mass is 217 g/mol. The van der Waals surface area contributed by atoms with E-state index in [4.69, 9.17) is 10.2 Å². The Morgan fingerprint density at radius 3 is 2.43 bits per heavy atom. The Kier molecular flexibility index (Phi) is 2.97. The number of aromatic hydroxyl groups is 2. The third-order valence-electron chi connectivity index (χ3n) is 1.71. The van der Waals surface area contributed by atoms with Crippen molar-refractivity contribution in [2.75, 3.05) is 7.05 Å².